The second kappa shape index (κ2) is 3.55. The van der Waals surface area contributed by atoms with Gasteiger partial charge in [-0.3, -0.25) is 0 Å². The number of rotatable bonds is 1. The van der Waals surface area contributed by atoms with Crippen molar-refractivity contribution in [1.82, 2.24) is 40.1 Å². The molecule has 0 bridgehead atoms. The predicted molar refractivity (Wildman–Crippen MR) is 67.1 cm³/mol. The van der Waals surface area contributed by atoms with Crippen LogP contribution in [0.4, 0.5) is 0 Å². The van der Waals surface area contributed by atoms with E-state index in [9.17, 15) is 0 Å². The van der Waals surface area contributed by atoms with E-state index < -0.39 is 0 Å². The van der Waals surface area contributed by atoms with Gasteiger partial charge < -0.3 is 9.97 Å². The van der Waals surface area contributed by atoms with E-state index in [1.54, 1.807) is 6.20 Å². The van der Waals surface area contributed by atoms with Crippen molar-refractivity contribution in [2.24, 2.45) is 0 Å². The van der Waals surface area contributed by atoms with Crippen LogP contribution >= 0.6 is 0 Å². The molecule has 8 heteroatoms. The molecule has 0 fully saturated rings. The average Bonchev–Trinajstić information content (AvgIpc) is 2.99. The molecule has 4 aromatic heterocycles. The zero-order chi connectivity index (χ0) is 12.8. The first-order valence-electron chi connectivity index (χ1n) is 5.66. The van der Waals surface area contributed by atoms with Crippen LogP contribution in [0.1, 0.15) is 5.82 Å². The molecule has 0 saturated heterocycles. The summed E-state index contributed by atoms with van der Waals surface area (Å²) in [5.74, 6) is 1.41. The largest absolute Gasteiger partial charge is 0.325 e. The number of aromatic amines is 2. The van der Waals surface area contributed by atoms with Gasteiger partial charge >= 0.3 is 0 Å². The highest BCUT2D eigenvalue weighted by Crippen LogP contribution is 2.18. The Hall–Kier alpha value is -2.90. The van der Waals surface area contributed by atoms with Crippen molar-refractivity contribution in [2.45, 2.75) is 6.92 Å². The van der Waals surface area contributed by atoms with Crippen molar-refractivity contribution in [1.29, 1.82) is 0 Å². The van der Waals surface area contributed by atoms with Crippen molar-refractivity contribution in [3.63, 3.8) is 0 Å². The molecule has 0 aromatic carbocycles. The van der Waals surface area contributed by atoms with Crippen molar-refractivity contribution >= 4 is 22.3 Å². The summed E-state index contributed by atoms with van der Waals surface area (Å²) in [6.07, 6.45) is 3.11. The molecule has 2 N–H and O–H groups in total. The summed E-state index contributed by atoms with van der Waals surface area (Å²) in [4.78, 5) is 22.8. The van der Waals surface area contributed by atoms with E-state index in [0.717, 1.165) is 11.3 Å². The Bertz CT molecular complexity index is 857. The maximum atomic E-state index is 4.38. The van der Waals surface area contributed by atoms with Crippen molar-refractivity contribution < 1.29 is 0 Å². The van der Waals surface area contributed by atoms with Gasteiger partial charge in [-0.05, 0) is 13.0 Å². The highest BCUT2D eigenvalue weighted by molar-refractivity contribution is 5.77. The summed E-state index contributed by atoms with van der Waals surface area (Å²) in [7, 11) is 0. The molecule has 0 saturated carbocycles. The lowest BCUT2D eigenvalue weighted by molar-refractivity contribution is 1.04. The van der Waals surface area contributed by atoms with Crippen LogP contribution in [-0.2, 0) is 0 Å². The van der Waals surface area contributed by atoms with E-state index in [1.807, 2.05) is 13.0 Å². The Kier molecular flexibility index (Phi) is 1.88. The van der Waals surface area contributed by atoms with Gasteiger partial charge in [0.25, 0.3) is 0 Å². The average molecular weight is 252 g/mol. The van der Waals surface area contributed by atoms with Crippen molar-refractivity contribution in [3.8, 4) is 11.5 Å². The maximum absolute atomic E-state index is 4.38. The third-order valence-electron chi connectivity index (χ3n) is 2.77. The number of nitrogens with one attached hydrogen (secondary N) is 2. The summed E-state index contributed by atoms with van der Waals surface area (Å²) in [5.41, 5.74) is 3.41. The molecule has 0 unspecified atom stereocenters. The number of hydrogen-bond acceptors (Lipinski definition) is 6. The zero-order valence-corrected chi connectivity index (χ0v) is 9.92. The number of aryl methyl sites for hydroxylation is 1. The standard InChI is InChI=1S/C11H8N8/c1-5-14-6-2-7(18-19-11(6)15-5)10-16-8-3-12-4-13-9(8)17-10/h2-4H,1H3,(H,14,15,19)(H,12,13,16,17). The SMILES string of the molecule is Cc1nc2cc(-c3nc4cncnc4[nH]3)nnc2[nH]1. The lowest BCUT2D eigenvalue weighted by atomic mass is 10.3. The van der Waals surface area contributed by atoms with Gasteiger partial charge in [0.2, 0.25) is 0 Å². The fourth-order valence-corrected chi connectivity index (χ4v) is 1.93. The van der Waals surface area contributed by atoms with E-state index in [4.69, 9.17) is 0 Å². The van der Waals surface area contributed by atoms with Crippen LogP contribution in [0.25, 0.3) is 33.8 Å². The van der Waals surface area contributed by atoms with Crippen molar-refractivity contribution in [3.05, 3.63) is 24.4 Å². The molecule has 92 valence electrons. The van der Waals surface area contributed by atoms with E-state index in [1.165, 1.54) is 6.33 Å². The Morgan fingerprint density at radius 3 is 2.84 bits per heavy atom. The molecule has 0 spiro atoms. The molecule has 0 aliphatic carbocycles. The van der Waals surface area contributed by atoms with Gasteiger partial charge in [0, 0.05) is 0 Å². The molecular formula is C11H8N8. The molecule has 4 rings (SSSR count). The van der Waals surface area contributed by atoms with Crippen LogP contribution in [0.3, 0.4) is 0 Å². The first kappa shape index (κ1) is 10.1. The van der Waals surface area contributed by atoms with Crippen molar-refractivity contribution in [2.75, 3.05) is 0 Å². The van der Waals surface area contributed by atoms with Gasteiger partial charge in [-0.1, -0.05) is 0 Å². The lowest BCUT2D eigenvalue weighted by Gasteiger charge is -1.93. The lowest BCUT2D eigenvalue weighted by Crippen LogP contribution is -1.90. The van der Waals surface area contributed by atoms with Gasteiger partial charge in [-0.15, -0.1) is 10.2 Å². The van der Waals surface area contributed by atoms with Crippen LogP contribution in [0.2, 0.25) is 0 Å². The van der Waals surface area contributed by atoms with Crippen LogP contribution in [0, 0.1) is 6.92 Å². The molecule has 4 heterocycles. The Morgan fingerprint density at radius 2 is 1.95 bits per heavy atom. The van der Waals surface area contributed by atoms with E-state index in [-0.39, 0.29) is 0 Å². The monoisotopic (exact) mass is 252 g/mol. The minimum atomic E-state index is 0.602. The zero-order valence-electron chi connectivity index (χ0n) is 9.92. The topological polar surface area (TPSA) is 109 Å². The maximum Gasteiger partial charge on any atom is 0.180 e. The summed E-state index contributed by atoms with van der Waals surface area (Å²) in [6.45, 7) is 1.87. The van der Waals surface area contributed by atoms with Crippen LogP contribution in [-0.4, -0.2) is 40.1 Å². The Morgan fingerprint density at radius 1 is 1.00 bits per heavy atom. The van der Waals surface area contributed by atoms with E-state index in [2.05, 4.69) is 40.1 Å². The molecule has 0 aliphatic rings. The molecule has 8 nitrogen and oxygen atoms in total. The number of fused-ring (bicyclic) bond motifs is 2. The molecule has 0 amide bonds. The molecule has 0 atom stereocenters. The quantitative estimate of drug-likeness (QED) is 0.523. The summed E-state index contributed by atoms with van der Waals surface area (Å²) >= 11 is 0. The molecule has 0 aliphatic heterocycles. The molecule has 19 heavy (non-hydrogen) atoms. The summed E-state index contributed by atoms with van der Waals surface area (Å²) in [5, 5.41) is 8.21. The first-order valence-corrected chi connectivity index (χ1v) is 5.66. The number of hydrogen-bond donors (Lipinski definition) is 2. The first-order chi connectivity index (χ1) is 9.29. The highest BCUT2D eigenvalue weighted by atomic mass is 15.2. The van der Waals surface area contributed by atoms with Gasteiger partial charge in [-0.25, -0.2) is 19.9 Å². The highest BCUT2D eigenvalue weighted by Gasteiger charge is 2.10. The van der Waals surface area contributed by atoms with Crippen LogP contribution in [0.15, 0.2) is 18.6 Å². The van der Waals surface area contributed by atoms with E-state index >= 15 is 0 Å². The Labute approximate surface area is 106 Å². The summed E-state index contributed by atoms with van der Waals surface area (Å²) < 4.78 is 0. The van der Waals surface area contributed by atoms with Gasteiger partial charge in [0.15, 0.2) is 17.1 Å². The normalized spacial score (nSPS) is 11.4. The third-order valence-corrected chi connectivity index (χ3v) is 2.77. The molecule has 4 aromatic rings. The van der Waals surface area contributed by atoms with Gasteiger partial charge in [-0.2, -0.15) is 0 Å². The number of aromatic nitrogens is 8. The van der Waals surface area contributed by atoms with Crippen LogP contribution in [0.5, 0.6) is 0 Å². The minimum absolute atomic E-state index is 0.602. The van der Waals surface area contributed by atoms with E-state index in [0.29, 0.717) is 28.3 Å². The van der Waals surface area contributed by atoms with Gasteiger partial charge in [0.1, 0.15) is 28.9 Å². The van der Waals surface area contributed by atoms with Crippen LogP contribution < -0.4 is 0 Å². The third kappa shape index (κ3) is 1.53. The van der Waals surface area contributed by atoms with Gasteiger partial charge in [0.05, 0.1) is 6.20 Å². The fraction of sp³-hybridized carbons (Fsp3) is 0.0909. The minimum Gasteiger partial charge on any atom is -0.325 e. The number of nitrogens with zero attached hydrogens (tertiary/aromatic N) is 6. The predicted octanol–water partition coefficient (Wildman–Crippen LogP) is 0.995. The number of imidazole rings is 2. The molecular weight excluding hydrogens is 244 g/mol. The second-order valence-corrected chi connectivity index (χ2v) is 4.13. The second-order valence-electron chi connectivity index (χ2n) is 4.13. The summed E-state index contributed by atoms with van der Waals surface area (Å²) in [6, 6.07) is 1.83. The number of H-pyrrole nitrogens is 2. The fourth-order valence-electron chi connectivity index (χ4n) is 1.93. The smallest absolute Gasteiger partial charge is 0.180 e. The Balaban J connectivity index is 1.92. The molecule has 0 radical (unpaired) electrons.